The van der Waals surface area contributed by atoms with Gasteiger partial charge in [0.05, 0.1) is 7.11 Å². The molecule has 0 amide bonds. The van der Waals surface area contributed by atoms with Gasteiger partial charge in [-0.05, 0) is 18.2 Å². The Morgan fingerprint density at radius 3 is 2.54 bits per heavy atom. The molecule has 0 unspecified atom stereocenters. The first-order chi connectivity index (χ1) is 6.27. The van der Waals surface area contributed by atoms with Crippen molar-refractivity contribution < 1.29 is 14.6 Å². The molecular formula is C10H12O3. The lowest BCUT2D eigenvalue weighted by atomic mass is 10.2. The topological polar surface area (TPSA) is 46.5 Å². The molecule has 3 nitrogen and oxygen atoms in total. The van der Waals surface area contributed by atoms with E-state index in [1.807, 2.05) is 0 Å². The molecule has 13 heavy (non-hydrogen) atoms. The number of phenolic OH excluding ortho intramolecular Hbond substituents is 1. The molecule has 0 bridgehead atoms. The molecule has 0 fully saturated rings. The minimum absolute atomic E-state index is 0.0399. The minimum atomic E-state index is 0.0399. The lowest BCUT2D eigenvalue weighted by molar-refractivity contribution is 0.112. The third kappa shape index (κ3) is 2.99. The third-order valence-electron chi connectivity index (χ3n) is 1.34. The number of benzene rings is 1. The van der Waals surface area contributed by atoms with E-state index in [9.17, 15) is 4.79 Å². The number of rotatable bonds is 2. The molecule has 0 aromatic heterocycles. The summed E-state index contributed by atoms with van der Waals surface area (Å²) in [5, 5.41) is 9.09. The van der Waals surface area contributed by atoms with Gasteiger partial charge in [-0.15, -0.1) is 13.2 Å². The Kier molecular flexibility index (Phi) is 5.03. The van der Waals surface area contributed by atoms with E-state index < -0.39 is 0 Å². The zero-order valence-corrected chi connectivity index (χ0v) is 7.49. The molecule has 0 aliphatic carbocycles. The van der Waals surface area contributed by atoms with Gasteiger partial charge in [-0.1, -0.05) is 0 Å². The van der Waals surface area contributed by atoms with Crippen molar-refractivity contribution in [3.63, 3.8) is 0 Å². The largest absolute Gasteiger partial charge is 0.504 e. The quantitative estimate of drug-likeness (QED) is 0.559. The van der Waals surface area contributed by atoms with Crippen LogP contribution in [-0.2, 0) is 0 Å². The van der Waals surface area contributed by atoms with E-state index >= 15 is 0 Å². The average Bonchev–Trinajstić information content (AvgIpc) is 2.22. The van der Waals surface area contributed by atoms with Gasteiger partial charge in [0.2, 0.25) is 0 Å². The normalized spacial score (nSPS) is 8.08. The molecule has 1 aromatic rings. The highest BCUT2D eigenvalue weighted by Gasteiger charge is 2.00. The molecule has 3 heteroatoms. The van der Waals surface area contributed by atoms with Crippen LogP contribution >= 0.6 is 0 Å². The summed E-state index contributed by atoms with van der Waals surface area (Å²) in [7, 11) is 1.43. The average molecular weight is 180 g/mol. The van der Waals surface area contributed by atoms with E-state index in [0.717, 1.165) is 0 Å². The van der Waals surface area contributed by atoms with Crippen LogP contribution in [0.1, 0.15) is 10.4 Å². The smallest absolute Gasteiger partial charge is 0.161 e. The van der Waals surface area contributed by atoms with Crippen molar-refractivity contribution in [3.8, 4) is 11.5 Å². The summed E-state index contributed by atoms with van der Waals surface area (Å²) < 4.78 is 4.78. The first-order valence-corrected chi connectivity index (χ1v) is 3.60. The molecule has 0 saturated heterocycles. The highest BCUT2D eigenvalue weighted by molar-refractivity contribution is 5.76. The summed E-state index contributed by atoms with van der Waals surface area (Å²) in [6.45, 7) is 6.00. The van der Waals surface area contributed by atoms with Gasteiger partial charge in [0.15, 0.2) is 11.5 Å². The molecule has 0 aliphatic rings. The first-order valence-electron chi connectivity index (χ1n) is 3.60. The monoisotopic (exact) mass is 180 g/mol. The van der Waals surface area contributed by atoms with Gasteiger partial charge in [0, 0.05) is 5.56 Å². The predicted octanol–water partition coefficient (Wildman–Crippen LogP) is 2.02. The van der Waals surface area contributed by atoms with Crippen LogP contribution in [0.2, 0.25) is 0 Å². The number of carbonyl (C=O) groups is 1. The van der Waals surface area contributed by atoms with Gasteiger partial charge in [-0.2, -0.15) is 0 Å². The van der Waals surface area contributed by atoms with E-state index in [1.54, 1.807) is 0 Å². The lowest BCUT2D eigenvalue weighted by Gasteiger charge is -2.01. The highest BCUT2D eigenvalue weighted by Crippen LogP contribution is 2.25. The highest BCUT2D eigenvalue weighted by atomic mass is 16.5. The van der Waals surface area contributed by atoms with E-state index in [0.29, 0.717) is 17.6 Å². The molecule has 1 N–H and O–H groups in total. The molecule has 1 aromatic carbocycles. The fraction of sp³-hybridized carbons (Fsp3) is 0.100. The SMILES string of the molecule is C=C.COc1cc(C=O)ccc1O. The van der Waals surface area contributed by atoms with Crippen molar-refractivity contribution in [1.29, 1.82) is 0 Å². The Morgan fingerprint density at radius 1 is 1.46 bits per heavy atom. The van der Waals surface area contributed by atoms with Gasteiger partial charge < -0.3 is 9.84 Å². The van der Waals surface area contributed by atoms with Gasteiger partial charge in [-0.3, -0.25) is 4.79 Å². The zero-order valence-electron chi connectivity index (χ0n) is 7.49. The predicted molar refractivity (Wildman–Crippen MR) is 51.3 cm³/mol. The molecule has 0 heterocycles. The van der Waals surface area contributed by atoms with Crippen LogP contribution < -0.4 is 4.74 Å². The summed E-state index contributed by atoms with van der Waals surface area (Å²) >= 11 is 0. The first kappa shape index (κ1) is 11.2. The number of aldehydes is 1. The maximum Gasteiger partial charge on any atom is 0.161 e. The Bertz CT molecular complexity index is 281. The number of hydrogen-bond donors (Lipinski definition) is 1. The van der Waals surface area contributed by atoms with E-state index in [4.69, 9.17) is 9.84 Å². The van der Waals surface area contributed by atoms with E-state index in [2.05, 4.69) is 13.2 Å². The van der Waals surface area contributed by atoms with Crippen molar-refractivity contribution >= 4 is 6.29 Å². The standard InChI is InChI=1S/C8H8O3.C2H4/c1-11-8-4-6(5-9)2-3-7(8)10;1-2/h2-5,10H,1H3;1-2H2. The number of ether oxygens (including phenoxy) is 1. The summed E-state index contributed by atoms with van der Waals surface area (Å²) in [6.07, 6.45) is 0.696. The number of aromatic hydroxyl groups is 1. The molecular weight excluding hydrogens is 168 g/mol. The second kappa shape index (κ2) is 5.83. The molecule has 1 rings (SSSR count). The van der Waals surface area contributed by atoms with Crippen LogP contribution in [0.4, 0.5) is 0 Å². The Labute approximate surface area is 77.3 Å². The minimum Gasteiger partial charge on any atom is -0.504 e. The van der Waals surface area contributed by atoms with Crippen LogP contribution in [0.5, 0.6) is 11.5 Å². The van der Waals surface area contributed by atoms with Gasteiger partial charge in [0.25, 0.3) is 0 Å². The fourth-order valence-corrected chi connectivity index (χ4v) is 0.768. The lowest BCUT2D eigenvalue weighted by Crippen LogP contribution is -1.85. The van der Waals surface area contributed by atoms with Crippen LogP contribution in [-0.4, -0.2) is 18.5 Å². The molecule has 0 radical (unpaired) electrons. The molecule has 0 saturated carbocycles. The second-order valence-corrected chi connectivity index (χ2v) is 2.05. The zero-order chi connectivity index (χ0) is 10.3. The summed E-state index contributed by atoms with van der Waals surface area (Å²) in [5.74, 6) is 0.354. The van der Waals surface area contributed by atoms with E-state index in [-0.39, 0.29) is 5.75 Å². The molecule has 0 atom stereocenters. The maximum atomic E-state index is 10.2. The van der Waals surface area contributed by atoms with Crippen molar-refractivity contribution in [2.75, 3.05) is 7.11 Å². The van der Waals surface area contributed by atoms with Crippen LogP contribution in [0.3, 0.4) is 0 Å². The number of carbonyl (C=O) groups excluding carboxylic acids is 1. The summed E-state index contributed by atoms with van der Waals surface area (Å²) in [4.78, 5) is 10.2. The Hall–Kier alpha value is -1.77. The number of hydrogen-bond acceptors (Lipinski definition) is 3. The van der Waals surface area contributed by atoms with Crippen molar-refractivity contribution in [2.24, 2.45) is 0 Å². The summed E-state index contributed by atoms with van der Waals surface area (Å²) in [5.41, 5.74) is 0.486. The maximum absolute atomic E-state index is 10.2. The summed E-state index contributed by atoms with van der Waals surface area (Å²) in [6, 6.07) is 4.41. The van der Waals surface area contributed by atoms with Gasteiger partial charge >= 0.3 is 0 Å². The van der Waals surface area contributed by atoms with Crippen LogP contribution in [0.25, 0.3) is 0 Å². The Morgan fingerprint density at radius 2 is 2.08 bits per heavy atom. The van der Waals surface area contributed by atoms with Crippen LogP contribution in [0.15, 0.2) is 31.4 Å². The molecule has 70 valence electrons. The van der Waals surface area contributed by atoms with Gasteiger partial charge in [-0.25, -0.2) is 0 Å². The van der Waals surface area contributed by atoms with Crippen molar-refractivity contribution in [1.82, 2.24) is 0 Å². The van der Waals surface area contributed by atoms with Crippen LogP contribution in [0, 0.1) is 0 Å². The second-order valence-electron chi connectivity index (χ2n) is 2.05. The molecule has 0 aliphatic heterocycles. The Balaban J connectivity index is 0.000000671. The number of phenols is 1. The van der Waals surface area contributed by atoms with Gasteiger partial charge in [0.1, 0.15) is 6.29 Å². The van der Waals surface area contributed by atoms with E-state index in [1.165, 1.54) is 25.3 Å². The number of methoxy groups -OCH3 is 1. The third-order valence-corrected chi connectivity index (χ3v) is 1.34. The van der Waals surface area contributed by atoms with Crippen molar-refractivity contribution in [2.45, 2.75) is 0 Å². The van der Waals surface area contributed by atoms with Crippen molar-refractivity contribution in [3.05, 3.63) is 36.9 Å². The molecule has 0 spiro atoms. The fourth-order valence-electron chi connectivity index (χ4n) is 0.768.